The summed E-state index contributed by atoms with van der Waals surface area (Å²) in [5.74, 6) is 0.104. The molecule has 0 radical (unpaired) electrons. The number of H-pyrrole nitrogens is 1. The Labute approximate surface area is 112 Å². The van der Waals surface area contributed by atoms with Crippen LogP contribution in [0.2, 0.25) is 0 Å². The van der Waals surface area contributed by atoms with Crippen molar-refractivity contribution in [1.82, 2.24) is 9.88 Å². The van der Waals surface area contributed by atoms with E-state index in [4.69, 9.17) is 4.74 Å². The van der Waals surface area contributed by atoms with Crippen molar-refractivity contribution in [3.63, 3.8) is 0 Å². The van der Waals surface area contributed by atoms with Crippen molar-refractivity contribution >= 4 is 16.8 Å². The summed E-state index contributed by atoms with van der Waals surface area (Å²) < 4.78 is 5.46. The SMILES string of the molecule is CCC1COCCN1C(=O)c1c[nH]c2ccccc12. The molecule has 0 bridgehead atoms. The Kier molecular flexibility index (Phi) is 3.25. The van der Waals surface area contributed by atoms with Gasteiger partial charge in [-0.2, -0.15) is 0 Å². The molecule has 0 aliphatic carbocycles. The number of morpholine rings is 1. The lowest BCUT2D eigenvalue weighted by atomic mass is 10.1. The van der Waals surface area contributed by atoms with Gasteiger partial charge in [-0.05, 0) is 12.5 Å². The maximum absolute atomic E-state index is 12.7. The second-order valence-electron chi connectivity index (χ2n) is 4.88. The molecule has 1 unspecified atom stereocenters. The fourth-order valence-electron chi connectivity index (χ4n) is 2.66. The molecule has 0 saturated carbocycles. The molecule has 1 amide bonds. The lowest BCUT2D eigenvalue weighted by molar-refractivity contribution is -0.00269. The summed E-state index contributed by atoms with van der Waals surface area (Å²) in [6.45, 7) is 4.04. The normalized spacial score (nSPS) is 19.8. The molecule has 0 spiro atoms. The summed E-state index contributed by atoms with van der Waals surface area (Å²) in [5, 5.41) is 0.994. The van der Waals surface area contributed by atoms with E-state index in [-0.39, 0.29) is 11.9 Å². The first-order valence-electron chi connectivity index (χ1n) is 6.76. The Morgan fingerprint density at radius 1 is 1.47 bits per heavy atom. The highest BCUT2D eigenvalue weighted by molar-refractivity contribution is 6.06. The predicted molar refractivity (Wildman–Crippen MR) is 74.2 cm³/mol. The van der Waals surface area contributed by atoms with Gasteiger partial charge in [-0.3, -0.25) is 4.79 Å². The van der Waals surface area contributed by atoms with Crippen LogP contribution < -0.4 is 0 Å². The van der Waals surface area contributed by atoms with Gasteiger partial charge in [0.05, 0.1) is 24.8 Å². The Morgan fingerprint density at radius 3 is 3.16 bits per heavy atom. The van der Waals surface area contributed by atoms with Gasteiger partial charge in [0.2, 0.25) is 0 Å². The summed E-state index contributed by atoms with van der Waals surface area (Å²) in [6.07, 6.45) is 2.74. The molecule has 1 atom stereocenters. The number of ether oxygens (including phenoxy) is 1. The van der Waals surface area contributed by atoms with E-state index in [1.165, 1.54) is 0 Å². The zero-order valence-corrected chi connectivity index (χ0v) is 11.1. The Morgan fingerprint density at radius 2 is 2.32 bits per heavy atom. The standard InChI is InChI=1S/C15H18N2O2/c1-2-11-10-19-8-7-17(11)15(18)13-9-16-14-6-4-3-5-12(13)14/h3-6,9,11,16H,2,7-8,10H2,1H3. The predicted octanol–water partition coefficient (Wildman–Crippen LogP) is 2.42. The topological polar surface area (TPSA) is 45.3 Å². The number of para-hydroxylation sites is 1. The Balaban J connectivity index is 1.94. The van der Waals surface area contributed by atoms with Crippen LogP contribution in [0.5, 0.6) is 0 Å². The molecule has 2 heterocycles. The van der Waals surface area contributed by atoms with Crippen molar-refractivity contribution in [2.24, 2.45) is 0 Å². The largest absolute Gasteiger partial charge is 0.377 e. The third-order valence-electron chi connectivity index (χ3n) is 3.78. The number of aromatic amines is 1. The number of amides is 1. The molecule has 1 aliphatic rings. The smallest absolute Gasteiger partial charge is 0.256 e. The van der Waals surface area contributed by atoms with Crippen LogP contribution in [0.4, 0.5) is 0 Å². The van der Waals surface area contributed by atoms with Crippen molar-refractivity contribution in [2.75, 3.05) is 19.8 Å². The van der Waals surface area contributed by atoms with Crippen molar-refractivity contribution in [3.8, 4) is 0 Å². The number of carbonyl (C=O) groups excluding carboxylic acids is 1. The third kappa shape index (κ3) is 2.12. The summed E-state index contributed by atoms with van der Waals surface area (Å²) in [5.41, 5.74) is 1.77. The molecule has 4 nitrogen and oxygen atoms in total. The molecule has 1 aliphatic heterocycles. The number of hydrogen-bond acceptors (Lipinski definition) is 2. The second-order valence-corrected chi connectivity index (χ2v) is 4.88. The molecule has 1 aromatic heterocycles. The maximum atomic E-state index is 12.7. The van der Waals surface area contributed by atoms with Crippen molar-refractivity contribution in [2.45, 2.75) is 19.4 Å². The van der Waals surface area contributed by atoms with Gasteiger partial charge in [-0.1, -0.05) is 25.1 Å². The highest BCUT2D eigenvalue weighted by atomic mass is 16.5. The molecule has 2 aromatic rings. The number of nitrogens with one attached hydrogen (secondary N) is 1. The number of hydrogen-bond donors (Lipinski definition) is 1. The summed E-state index contributed by atoms with van der Waals surface area (Å²) in [7, 11) is 0. The zero-order chi connectivity index (χ0) is 13.2. The van der Waals surface area contributed by atoms with Crippen molar-refractivity contribution < 1.29 is 9.53 Å². The maximum Gasteiger partial charge on any atom is 0.256 e. The Hall–Kier alpha value is -1.81. The molecule has 1 fully saturated rings. The van der Waals surface area contributed by atoms with Gasteiger partial charge < -0.3 is 14.6 Å². The molecule has 1 aromatic carbocycles. The number of nitrogens with zero attached hydrogens (tertiary/aromatic N) is 1. The van der Waals surface area contributed by atoms with E-state index in [0.29, 0.717) is 19.8 Å². The monoisotopic (exact) mass is 258 g/mol. The molecule has 3 rings (SSSR count). The van der Waals surface area contributed by atoms with E-state index >= 15 is 0 Å². The fraction of sp³-hybridized carbons (Fsp3) is 0.400. The van der Waals surface area contributed by atoms with Gasteiger partial charge in [0.1, 0.15) is 0 Å². The lowest BCUT2D eigenvalue weighted by Crippen LogP contribution is -2.48. The van der Waals surface area contributed by atoms with Gasteiger partial charge in [0.25, 0.3) is 5.91 Å². The average Bonchev–Trinajstić information content (AvgIpc) is 2.90. The minimum atomic E-state index is 0.104. The van der Waals surface area contributed by atoms with Gasteiger partial charge in [0, 0.05) is 23.6 Å². The number of aromatic nitrogens is 1. The number of fused-ring (bicyclic) bond motifs is 1. The van der Waals surface area contributed by atoms with E-state index in [9.17, 15) is 4.79 Å². The van der Waals surface area contributed by atoms with E-state index in [0.717, 1.165) is 22.9 Å². The van der Waals surface area contributed by atoms with Crippen LogP contribution in [-0.2, 0) is 4.74 Å². The van der Waals surface area contributed by atoms with Gasteiger partial charge in [0.15, 0.2) is 0 Å². The molecule has 1 N–H and O–H groups in total. The molecular weight excluding hydrogens is 240 g/mol. The molecule has 100 valence electrons. The molecular formula is C15H18N2O2. The van der Waals surface area contributed by atoms with E-state index in [1.807, 2.05) is 35.4 Å². The van der Waals surface area contributed by atoms with Crippen LogP contribution in [0.3, 0.4) is 0 Å². The first-order chi connectivity index (χ1) is 9.31. The van der Waals surface area contributed by atoms with Crippen LogP contribution in [0.1, 0.15) is 23.7 Å². The van der Waals surface area contributed by atoms with Crippen LogP contribution in [0.25, 0.3) is 10.9 Å². The number of rotatable bonds is 2. The van der Waals surface area contributed by atoms with Crippen LogP contribution >= 0.6 is 0 Å². The van der Waals surface area contributed by atoms with E-state index in [1.54, 1.807) is 0 Å². The second kappa shape index (κ2) is 5.05. The van der Waals surface area contributed by atoms with Gasteiger partial charge >= 0.3 is 0 Å². The van der Waals surface area contributed by atoms with Crippen LogP contribution in [0, 0.1) is 0 Å². The van der Waals surface area contributed by atoms with E-state index < -0.39 is 0 Å². The minimum absolute atomic E-state index is 0.104. The van der Waals surface area contributed by atoms with Crippen molar-refractivity contribution in [1.29, 1.82) is 0 Å². The first kappa shape index (κ1) is 12.2. The lowest BCUT2D eigenvalue weighted by Gasteiger charge is -2.35. The molecule has 19 heavy (non-hydrogen) atoms. The fourth-order valence-corrected chi connectivity index (χ4v) is 2.66. The minimum Gasteiger partial charge on any atom is -0.377 e. The average molecular weight is 258 g/mol. The zero-order valence-electron chi connectivity index (χ0n) is 11.1. The molecule has 1 saturated heterocycles. The van der Waals surface area contributed by atoms with E-state index in [2.05, 4.69) is 11.9 Å². The number of carbonyl (C=O) groups is 1. The van der Waals surface area contributed by atoms with Crippen molar-refractivity contribution in [3.05, 3.63) is 36.0 Å². The van der Waals surface area contributed by atoms with Gasteiger partial charge in [-0.15, -0.1) is 0 Å². The van der Waals surface area contributed by atoms with Gasteiger partial charge in [-0.25, -0.2) is 0 Å². The summed E-state index contributed by atoms with van der Waals surface area (Å²) >= 11 is 0. The summed E-state index contributed by atoms with van der Waals surface area (Å²) in [6, 6.07) is 8.10. The third-order valence-corrected chi connectivity index (χ3v) is 3.78. The Bertz CT molecular complexity index is 591. The first-order valence-corrected chi connectivity index (χ1v) is 6.76. The molecule has 4 heteroatoms. The highest BCUT2D eigenvalue weighted by Crippen LogP contribution is 2.22. The van der Waals surface area contributed by atoms with Crippen LogP contribution in [-0.4, -0.2) is 41.6 Å². The quantitative estimate of drug-likeness (QED) is 0.899. The number of benzene rings is 1. The van der Waals surface area contributed by atoms with Crippen LogP contribution in [0.15, 0.2) is 30.5 Å². The highest BCUT2D eigenvalue weighted by Gasteiger charge is 2.28. The summed E-state index contributed by atoms with van der Waals surface area (Å²) in [4.78, 5) is 17.8.